The third-order valence-electron chi connectivity index (χ3n) is 3.68. The predicted octanol–water partition coefficient (Wildman–Crippen LogP) is 5.38. The zero-order valence-corrected chi connectivity index (χ0v) is 15.0. The fourth-order valence-electron chi connectivity index (χ4n) is 2.65. The first-order valence-corrected chi connectivity index (χ1v) is 8.58. The van der Waals surface area contributed by atoms with Gasteiger partial charge in [-0.2, -0.15) is 0 Å². The van der Waals surface area contributed by atoms with Gasteiger partial charge in [-0.1, -0.05) is 45.7 Å². The van der Waals surface area contributed by atoms with Gasteiger partial charge in [0, 0.05) is 26.9 Å². The number of esters is 1. The van der Waals surface area contributed by atoms with Gasteiger partial charge in [-0.15, -0.1) is 0 Å². The summed E-state index contributed by atoms with van der Waals surface area (Å²) in [4.78, 5) is 16.9. The van der Waals surface area contributed by atoms with Crippen LogP contribution in [0.4, 0.5) is 4.39 Å². The van der Waals surface area contributed by atoms with Crippen molar-refractivity contribution in [3.05, 3.63) is 64.6 Å². The standard InChI is InChI=1S/C18H12BrClFNO2/c1-24-18(23)17-15(9-19)22-14-7-6-10(20)8-12(14)16(17)11-4-2-3-5-13(11)21/h2-8H,9H2,1H3. The topological polar surface area (TPSA) is 39.2 Å². The van der Waals surface area contributed by atoms with Gasteiger partial charge in [-0.25, -0.2) is 9.18 Å². The molecule has 3 nitrogen and oxygen atoms in total. The van der Waals surface area contributed by atoms with E-state index in [0.29, 0.717) is 38.1 Å². The molecule has 2 aromatic carbocycles. The third kappa shape index (κ3) is 2.89. The summed E-state index contributed by atoms with van der Waals surface area (Å²) < 4.78 is 19.4. The Morgan fingerprint density at radius 1 is 1.29 bits per heavy atom. The van der Waals surface area contributed by atoms with Crippen molar-refractivity contribution in [3.63, 3.8) is 0 Å². The Bertz CT molecular complexity index is 946. The molecule has 0 N–H and O–H groups in total. The first kappa shape index (κ1) is 16.9. The molecule has 3 rings (SSSR count). The van der Waals surface area contributed by atoms with Crippen LogP contribution in [0.1, 0.15) is 16.1 Å². The maximum absolute atomic E-state index is 14.5. The van der Waals surface area contributed by atoms with Crippen molar-refractivity contribution >= 4 is 44.4 Å². The van der Waals surface area contributed by atoms with Crippen LogP contribution in [-0.2, 0) is 10.1 Å². The Balaban J connectivity index is 2.52. The number of aromatic nitrogens is 1. The van der Waals surface area contributed by atoms with E-state index < -0.39 is 11.8 Å². The van der Waals surface area contributed by atoms with Crippen LogP contribution in [-0.4, -0.2) is 18.1 Å². The Hall–Kier alpha value is -1.98. The number of pyridine rings is 1. The fraction of sp³-hybridized carbons (Fsp3) is 0.111. The number of halogens is 3. The summed E-state index contributed by atoms with van der Waals surface area (Å²) in [5.74, 6) is -1.01. The Morgan fingerprint density at radius 3 is 2.71 bits per heavy atom. The first-order valence-electron chi connectivity index (χ1n) is 7.08. The lowest BCUT2D eigenvalue weighted by Gasteiger charge is -2.16. The molecule has 0 atom stereocenters. The number of carbonyl (C=O) groups is 1. The zero-order chi connectivity index (χ0) is 17.3. The van der Waals surface area contributed by atoms with Crippen LogP contribution in [0.2, 0.25) is 5.02 Å². The normalized spacial score (nSPS) is 10.8. The highest BCUT2D eigenvalue weighted by Crippen LogP contribution is 2.36. The number of ether oxygens (including phenoxy) is 1. The number of alkyl halides is 1. The summed E-state index contributed by atoms with van der Waals surface area (Å²) in [5, 5.41) is 1.40. The van der Waals surface area contributed by atoms with Gasteiger partial charge in [0.15, 0.2) is 0 Å². The van der Waals surface area contributed by atoms with Crippen molar-refractivity contribution < 1.29 is 13.9 Å². The van der Waals surface area contributed by atoms with Crippen molar-refractivity contribution in [2.24, 2.45) is 0 Å². The van der Waals surface area contributed by atoms with E-state index in [1.807, 2.05) is 0 Å². The SMILES string of the molecule is COC(=O)c1c(CBr)nc2ccc(Cl)cc2c1-c1ccccc1F. The Kier molecular flexibility index (Phi) is 4.83. The average molecular weight is 409 g/mol. The molecule has 6 heteroatoms. The summed E-state index contributed by atoms with van der Waals surface area (Å²) >= 11 is 9.45. The smallest absolute Gasteiger partial charge is 0.340 e. The zero-order valence-electron chi connectivity index (χ0n) is 12.6. The highest BCUT2D eigenvalue weighted by molar-refractivity contribution is 9.08. The highest BCUT2D eigenvalue weighted by Gasteiger charge is 2.24. The van der Waals surface area contributed by atoms with Crippen LogP contribution in [0.3, 0.4) is 0 Å². The van der Waals surface area contributed by atoms with Crippen molar-refractivity contribution in [2.45, 2.75) is 5.33 Å². The van der Waals surface area contributed by atoms with Gasteiger partial charge in [0.2, 0.25) is 0 Å². The van der Waals surface area contributed by atoms with E-state index in [1.165, 1.54) is 13.2 Å². The molecule has 122 valence electrons. The molecule has 1 heterocycles. The lowest BCUT2D eigenvalue weighted by Crippen LogP contribution is -2.10. The monoisotopic (exact) mass is 407 g/mol. The van der Waals surface area contributed by atoms with Gasteiger partial charge in [0.25, 0.3) is 0 Å². The third-order valence-corrected chi connectivity index (χ3v) is 4.45. The van der Waals surface area contributed by atoms with Crippen LogP contribution >= 0.6 is 27.5 Å². The number of benzene rings is 2. The number of hydrogen-bond donors (Lipinski definition) is 0. The summed E-state index contributed by atoms with van der Waals surface area (Å²) in [6.45, 7) is 0. The number of methoxy groups -OCH3 is 1. The quantitative estimate of drug-likeness (QED) is 0.432. The van der Waals surface area contributed by atoms with E-state index in [1.54, 1.807) is 36.4 Å². The molecule has 0 aliphatic heterocycles. The molecule has 0 radical (unpaired) electrons. The maximum Gasteiger partial charge on any atom is 0.340 e. The fourth-order valence-corrected chi connectivity index (χ4v) is 3.23. The number of hydrogen-bond acceptors (Lipinski definition) is 3. The molecule has 3 aromatic rings. The van der Waals surface area contributed by atoms with Crippen molar-refractivity contribution in [2.75, 3.05) is 7.11 Å². The molecule has 0 aliphatic rings. The summed E-state index contributed by atoms with van der Waals surface area (Å²) in [5.41, 5.74) is 2.07. The molecule has 0 saturated carbocycles. The van der Waals surface area contributed by atoms with E-state index in [9.17, 15) is 9.18 Å². The molecule has 0 saturated heterocycles. The van der Waals surface area contributed by atoms with Crippen LogP contribution in [0, 0.1) is 5.82 Å². The minimum Gasteiger partial charge on any atom is -0.465 e. The highest BCUT2D eigenvalue weighted by atomic mass is 79.9. The van der Waals surface area contributed by atoms with E-state index in [2.05, 4.69) is 20.9 Å². The molecule has 0 bridgehead atoms. The van der Waals surface area contributed by atoms with Gasteiger partial charge >= 0.3 is 5.97 Å². The average Bonchev–Trinajstić information content (AvgIpc) is 2.60. The van der Waals surface area contributed by atoms with Gasteiger partial charge in [-0.3, -0.25) is 4.98 Å². The Labute approximate surface area is 151 Å². The molecule has 1 aromatic heterocycles. The van der Waals surface area contributed by atoms with Gasteiger partial charge in [-0.05, 0) is 24.3 Å². The van der Waals surface area contributed by atoms with Crippen LogP contribution in [0.25, 0.3) is 22.0 Å². The van der Waals surface area contributed by atoms with Gasteiger partial charge in [0.05, 0.1) is 23.9 Å². The number of rotatable bonds is 3. The van der Waals surface area contributed by atoms with Crippen molar-refractivity contribution in [1.29, 1.82) is 0 Å². The maximum atomic E-state index is 14.5. The largest absolute Gasteiger partial charge is 0.465 e. The number of nitrogens with zero attached hydrogens (tertiary/aromatic N) is 1. The van der Waals surface area contributed by atoms with Gasteiger partial charge < -0.3 is 4.74 Å². The van der Waals surface area contributed by atoms with E-state index >= 15 is 0 Å². The second-order valence-electron chi connectivity index (χ2n) is 5.08. The molecule has 0 aliphatic carbocycles. The van der Waals surface area contributed by atoms with Crippen molar-refractivity contribution in [1.82, 2.24) is 4.98 Å². The van der Waals surface area contributed by atoms with E-state index in [4.69, 9.17) is 16.3 Å². The molecule has 0 unspecified atom stereocenters. The lowest BCUT2D eigenvalue weighted by atomic mass is 9.94. The van der Waals surface area contributed by atoms with Crippen LogP contribution < -0.4 is 0 Å². The first-order chi connectivity index (χ1) is 11.6. The lowest BCUT2D eigenvalue weighted by molar-refractivity contribution is 0.0600. The van der Waals surface area contributed by atoms with Crippen LogP contribution in [0.5, 0.6) is 0 Å². The summed E-state index contributed by atoms with van der Waals surface area (Å²) in [6, 6.07) is 11.4. The Morgan fingerprint density at radius 2 is 2.04 bits per heavy atom. The second kappa shape index (κ2) is 6.87. The minimum absolute atomic E-state index is 0.231. The van der Waals surface area contributed by atoms with Gasteiger partial charge in [0.1, 0.15) is 5.82 Å². The molecule has 24 heavy (non-hydrogen) atoms. The van der Waals surface area contributed by atoms with Crippen molar-refractivity contribution in [3.8, 4) is 11.1 Å². The van der Waals surface area contributed by atoms with Crippen LogP contribution in [0.15, 0.2) is 42.5 Å². The second-order valence-corrected chi connectivity index (χ2v) is 6.07. The molecule has 0 amide bonds. The van der Waals surface area contributed by atoms with E-state index in [-0.39, 0.29) is 5.56 Å². The molecule has 0 spiro atoms. The summed E-state index contributed by atoms with van der Waals surface area (Å²) in [6.07, 6.45) is 0. The molecule has 0 fully saturated rings. The predicted molar refractivity (Wildman–Crippen MR) is 96.1 cm³/mol. The summed E-state index contributed by atoms with van der Waals surface area (Å²) in [7, 11) is 1.29. The molecular formula is C18H12BrClFNO2. The minimum atomic E-state index is -0.572. The number of fused-ring (bicyclic) bond motifs is 1. The molecular weight excluding hydrogens is 397 g/mol. The van der Waals surface area contributed by atoms with E-state index in [0.717, 1.165) is 0 Å². The number of carbonyl (C=O) groups excluding carboxylic acids is 1.